The van der Waals surface area contributed by atoms with E-state index < -0.39 is 11.7 Å². The summed E-state index contributed by atoms with van der Waals surface area (Å²) in [4.78, 5) is 8.93. The molecule has 0 radical (unpaired) electrons. The molecule has 4 aromatic rings. The van der Waals surface area contributed by atoms with Gasteiger partial charge in [0.15, 0.2) is 10.8 Å². The van der Waals surface area contributed by atoms with Gasteiger partial charge in [0.1, 0.15) is 11.1 Å². The van der Waals surface area contributed by atoms with E-state index in [2.05, 4.69) is 15.1 Å². The smallest absolute Gasteiger partial charge is 0.416 e. The molecular formula is C20H15F3N4OS. The highest BCUT2D eigenvalue weighted by molar-refractivity contribution is 7.99. The molecule has 9 heteroatoms. The molecule has 0 fully saturated rings. The molecule has 5 nitrogen and oxygen atoms in total. The monoisotopic (exact) mass is 416 g/mol. The summed E-state index contributed by atoms with van der Waals surface area (Å²) < 4.78 is 46.4. The predicted molar refractivity (Wildman–Crippen MR) is 105 cm³/mol. The Kier molecular flexibility index (Phi) is 5.14. The Morgan fingerprint density at radius 1 is 1.03 bits per heavy atom. The van der Waals surface area contributed by atoms with Gasteiger partial charge < -0.3 is 4.74 Å². The van der Waals surface area contributed by atoms with Crippen LogP contribution < -0.4 is 4.74 Å². The first-order valence-electron chi connectivity index (χ1n) is 8.75. The minimum atomic E-state index is -4.46. The Labute approximate surface area is 168 Å². The molecule has 2 aromatic heterocycles. The van der Waals surface area contributed by atoms with Gasteiger partial charge in [-0.2, -0.15) is 23.3 Å². The van der Waals surface area contributed by atoms with E-state index in [9.17, 15) is 13.2 Å². The highest BCUT2D eigenvalue weighted by atomic mass is 32.2. The first-order valence-corrected chi connectivity index (χ1v) is 9.73. The molecule has 0 saturated heterocycles. The van der Waals surface area contributed by atoms with E-state index in [1.54, 1.807) is 10.9 Å². The van der Waals surface area contributed by atoms with Crippen molar-refractivity contribution >= 4 is 22.8 Å². The van der Waals surface area contributed by atoms with E-state index in [-0.39, 0.29) is 11.6 Å². The fraction of sp³-hybridized carbons (Fsp3) is 0.150. The summed E-state index contributed by atoms with van der Waals surface area (Å²) in [6, 6.07) is 14.1. The second-order valence-corrected chi connectivity index (χ2v) is 7.23. The standard InChI is InChI=1S/C20H15F3N4OS/c1-2-29-19-25-17-16(12-24-27(17)14-8-4-3-5-9-14)18(26-19)28-15-10-6-7-13(11-15)20(21,22)23/h3-12H,2H2,1H3. The maximum absolute atomic E-state index is 13.0. The quantitative estimate of drug-likeness (QED) is 0.307. The zero-order chi connectivity index (χ0) is 20.4. The van der Waals surface area contributed by atoms with Gasteiger partial charge in [0.25, 0.3) is 0 Å². The number of para-hydroxylation sites is 1. The van der Waals surface area contributed by atoms with E-state index in [1.165, 1.54) is 23.9 Å². The van der Waals surface area contributed by atoms with Crippen molar-refractivity contribution in [1.82, 2.24) is 19.7 Å². The summed E-state index contributed by atoms with van der Waals surface area (Å²) in [7, 11) is 0. The number of benzene rings is 2. The fourth-order valence-electron chi connectivity index (χ4n) is 2.74. The SMILES string of the molecule is CCSc1nc(Oc2cccc(C(F)(F)F)c2)c2cnn(-c3ccccc3)c2n1. The topological polar surface area (TPSA) is 52.8 Å². The largest absolute Gasteiger partial charge is 0.438 e. The molecule has 0 aliphatic rings. The molecule has 148 valence electrons. The third kappa shape index (κ3) is 4.04. The number of rotatable bonds is 5. The van der Waals surface area contributed by atoms with E-state index in [0.717, 1.165) is 23.6 Å². The minimum Gasteiger partial charge on any atom is -0.438 e. The maximum Gasteiger partial charge on any atom is 0.416 e. The summed E-state index contributed by atoms with van der Waals surface area (Å²) in [5.41, 5.74) is 0.534. The van der Waals surface area contributed by atoms with Crippen molar-refractivity contribution in [3.05, 3.63) is 66.4 Å². The number of aromatic nitrogens is 4. The van der Waals surface area contributed by atoms with Gasteiger partial charge >= 0.3 is 6.18 Å². The van der Waals surface area contributed by atoms with Crippen LogP contribution in [-0.4, -0.2) is 25.5 Å². The lowest BCUT2D eigenvalue weighted by Crippen LogP contribution is -2.04. The number of alkyl halides is 3. The van der Waals surface area contributed by atoms with Gasteiger partial charge in [-0.25, -0.2) is 9.67 Å². The first-order chi connectivity index (χ1) is 14.0. The molecule has 0 aliphatic carbocycles. The van der Waals surface area contributed by atoms with Crippen molar-refractivity contribution in [1.29, 1.82) is 0 Å². The summed E-state index contributed by atoms with van der Waals surface area (Å²) in [5, 5.41) is 5.34. The molecule has 0 atom stereocenters. The number of halogens is 3. The Hall–Kier alpha value is -3.07. The van der Waals surface area contributed by atoms with Crippen LogP contribution in [0, 0.1) is 0 Å². The predicted octanol–water partition coefficient (Wildman–Crippen LogP) is 5.74. The highest BCUT2D eigenvalue weighted by Crippen LogP contribution is 2.34. The summed E-state index contributed by atoms with van der Waals surface area (Å²) in [6.07, 6.45) is -2.91. The van der Waals surface area contributed by atoms with E-state index in [4.69, 9.17) is 4.74 Å². The summed E-state index contributed by atoms with van der Waals surface area (Å²) in [5.74, 6) is 0.931. The number of fused-ring (bicyclic) bond motifs is 1. The molecule has 0 aliphatic heterocycles. The van der Waals surface area contributed by atoms with Crippen LogP contribution >= 0.6 is 11.8 Å². The van der Waals surface area contributed by atoms with Crippen LogP contribution in [0.5, 0.6) is 11.6 Å². The molecule has 0 N–H and O–H groups in total. The van der Waals surface area contributed by atoms with Crippen molar-refractivity contribution in [2.24, 2.45) is 0 Å². The van der Waals surface area contributed by atoms with Gasteiger partial charge in [0.05, 0.1) is 17.4 Å². The average Bonchev–Trinajstić information content (AvgIpc) is 3.13. The summed E-state index contributed by atoms with van der Waals surface area (Å²) >= 11 is 1.41. The van der Waals surface area contributed by atoms with E-state index in [0.29, 0.717) is 16.2 Å². The van der Waals surface area contributed by atoms with Gasteiger partial charge in [-0.05, 0) is 36.1 Å². The lowest BCUT2D eigenvalue weighted by Gasteiger charge is -2.11. The van der Waals surface area contributed by atoms with E-state index >= 15 is 0 Å². The molecule has 0 unspecified atom stereocenters. The molecule has 0 saturated carbocycles. The van der Waals surface area contributed by atoms with Crippen LogP contribution in [0.4, 0.5) is 13.2 Å². The molecule has 4 rings (SSSR count). The third-order valence-corrected chi connectivity index (χ3v) is 4.75. The molecule has 0 spiro atoms. The lowest BCUT2D eigenvalue weighted by atomic mass is 10.2. The Bertz CT molecular complexity index is 1150. The molecule has 29 heavy (non-hydrogen) atoms. The number of thioether (sulfide) groups is 1. The van der Waals surface area contributed by atoms with Crippen LogP contribution in [-0.2, 0) is 6.18 Å². The van der Waals surface area contributed by atoms with Gasteiger partial charge in [0.2, 0.25) is 5.88 Å². The Morgan fingerprint density at radius 3 is 2.55 bits per heavy atom. The second kappa shape index (κ2) is 7.75. The second-order valence-electron chi connectivity index (χ2n) is 6.00. The van der Waals surface area contributed by atoms with Gasteiger partial charge in [-0.3, -0.25) is 0 Å². The zero-order valence-corrected chi connectivity index (χ0v) is 16.0. The van der Waals surface area contributed by atoms with Gasteiger partial charge in [-0.1, -0.05) is 43.0 Å². The third-order valence-electron chi connectivity index (χ3n) is 4.02. The van der Waals surface area contributed by atoms with Crippen LogP contribution in [0.2, 0.25) is 0 Å². The van der Waals surface area contributed by atoms with Crippen LogP contribution in [0.15, 0.2) is 66.0 Å². The number of hydrogen-bond donors (Lipinski definition) is 0. The maximum atomic E-state index is 13.0. The van der Waals surface area contributed by atoms with E-state index in [1.807, 2.05) is 37.3 Å². The normalized spacial score (nSPS) is 11.7. The number of nitrogens with zero attached hydrogens (tertiary/aromatic N) is 4. The molecule has 2 aromatic carbocycles. The minimum absolute atomic E-state index is 0.0414. The van der Waals surface area contributed by atoms with Crippen molar-refractivity contribution in [2.45, 2.75) is 18.3 Å². The van der Waals surface area contributed by atoms with Gasteiger partial charge in [-0.15, -0.1) is 0 Å². The van der Waals surface area contributed by atoms with Crippen molar-refractivity contribution in [2.75, 3.05) is 5.75 Å². The number of ether oxygens (including phenoxy) is 1. The summed E-state index contributed by atoms with van der Waals surface area (Å²) in [6.45, 7) is 1.96. The fourth-order valence-corrected chi connectivity index (χ4v) is 3.30. The molecule has 2 heterocycles. The Balaban J connectivity index is 1.81. The van der Waals surface area contributed by atoms with Crippen LogP contribution in [0.1, 0.15) is 12.5 Å². The average molecular weight is 416 g/mol. The highest BCUT2D eigenvalue weighted by Gasteiger charge is 2.30. The van der Waals surface area contributed by atoms with Crippen LogP contribution in [0.3, 0.4) is 0 Å². The molecule has 0 amide bonds. The number of hydrogen-bond acceptors (Lipinski definition) is 5. The molecular weight excluding hydrogens is 401 g/mol. The molecule has 0 bridgehead atoms. The lowest BCUT2D eigenvalue weighted by molar-refractivity contribution is -0.137. The van der Waals surface area contributed by atoms with Crippen molar-refractivity contribution in [3.8, 4) is 17.3 Å². The van der Waals surface area contributed by atoms with Crippen molar-refractivity contribution in [3.63, 3.8) is 0 Å². The van der Waals surface area contributed by atoms with Crippen LogP contribution in [0.25, 0.3) is 16.7 Å². The first kappa shape index (κ1) is 19.3. The zero-order valence-electron chi connectivity index (χ0n) is 15.2. The Morgan fingerprint density at radius 2 is 1.83 bits per heavy atom. The van der Waals surface area contributed by atoms with Gasteiger partial charge in [0, 0.05) is 0 Å². The van der Waals surface area contributed by atoms with Crippen molar-refractivity contribution < 1.29 is 17.9 Å².